The van der Waals surface area contributed by atoms with E-state index in [0.717, 1.165) is 5.56 Å². The molecule has 4 N–H and O–H groups in total. The molecule has 18 nitrogen and oxygen atoms in total. The van der Waals surface area contributed by atoms with E-state index in [1.54, 1.807) is 46.7 Å². The Morgan fingerprint density at radius 1 is 0.675 bits per heavy atom. The van der Waals surface area contributed by atoms with Crippen LogP contribution in [0.5, 0.6) is 0 Å². The number of rotatable bonds is 17. The van der Waals surface area contributed by atoms with Crippen LogP contribution in [0, 0.1) is 29.1 Å². The lowest BCUT2D eigenvalue weighted by Gasteiger charge is -2.36. The fourth-order valence-electron chi connectivity index (χ4n) is 12.0. The number of piperidine rings is 1. The maximum absolute atomic E-state index is 17.2. The SMILES string of the molecule is C=Nc1cc([C@H]2CC[C@H](c3cc4nc([C@@H]5CCCN5C(=O)[C@@H](NC(=O)OC)[C@@H](C)OC)[nH]c4cc3F)N2c2cc(F)c(N3CCC(c4ccc(F)cc4)CC3)c(F)c2)c(F)cc1NC1CCCN1C(=O)[C@@H](NC(=O)OC)[C@@H](C)OC. The van der Waals surface area contributed by atoms with Crippen LogP contribution in [0.4, 0.5) is 54.3 Å². The van der Waals surface area contributed by atoms with Crippen molar-refractivity contribution >= 4 is 64.5 Å². The van der Waals surface area contributed by atoms with Crippen molar-refractivity contribution < 1.29 is 60.1 Å². The highest BCUT2D eigenvalue weighted by Gasteiger charge is 2.43. The lowest BCUT2D eigenvalue weighted by molar-refractivity contribution is -0.138. The van der Waals surface area contributed by atoms with E-state index in [1.165, 1.54) is 75.8 Å². The van der Waals surface area contributed by atoms with Gasteiger partial charge in [0.25, 0.3) is 0 Å². The Balaban J connectivity index is 1.05. The third-order valence-electron chi connectivity index (χ3n) is 16.3. The second-order valence-corrected chi connectivity index (χ2v) is 20.8. The number of nitrogens with one attached hydrogen (secondary N) is 4. The van der Waals surface area contributed by atoms with Gasteiger partial charge in [-0.25, -0.2) is 36.5 Å². The first-order valence-corrected chi connectivity index (χ1v) is 26.9. The number of anilines is 3. The predicted octanol–water partition coefficient (Wildman–Crippen LogP) is 9.60. The van der Waals surface area contributed by atoms with Crippen LogP contribution in [0.3, 0.4) is 0 Å². The normalized spacial score (nSPS) is 21.1. The number of carbonyl (C=O) groups excluding carboxylic acids is 4. The van der Waals surface area contributed by atoms with Gasteiger partial charge in [0.2, 0.25) is 11.8 Å². The Hall–Kier alpha value is -7.53. The number of amides is 4. The van der Waals surface area contributed by atoms with Gasteiger partial charge in [-0.1, -0.05) is 12.1 Å². The number of carbonyl (C=O) groups is 4. The average Bonchev–Trinajstić information content (AvgIpc) is 4.45. The summed E-state index contributed by atoms with van der Waals surface area (Å²) in [5.74, 6) is -3.94. The number of ether oxygens (including phenoxy) is 4. The van der Waals surface area contributed by atoms with Crippen molar-refractivity contribution in [3.63, 3.8) is 0 Å². The molecule has 0 aliphatic carbocycles. The molecule has 4 fully saturated rings. The van der Waals surface area contributed by atoms with Gasteiger partial charge in [0, 0.05) is 57.2 Å². The van der Waals surface area contributed by atoms with E-state index >= 15 is 17.6 Å². The maximum Gasteiger partial charge on any atom is 0.407 e. The molecule has 4 aliphatic rings. The number of hydrogen-bond donors (Lipinski definition) is 4. The standard InChI is InChI=1S/C57H67F5N10O8/c1-30(77-4)50(67-56(75)79-6)54(73)70-20-8-10-48(70)53-65-43-27-37(39(60)29-45(43)66-53)47-17-16-46(72(47)35-24-40(61)52(41(62)25-35)69-22-18-33(19-23-69)32-12-14-34(58)15-13-32)36-26-42(63-3)44(28-38(36)59)64-49-11-9-21-71(49)55(74)51(31(2)78-5)68-57(76)80-7/h12-15,24-31,33,46-51,64H,3,8-11,16-23H2,1-2,4-7H3,(H,65,66)(H,67,75)(H,68,76)/t30-,31-,46-,47-,48+,49?,50+,51+/m1/s1. The third-order valence-corrected chi connectivity index (χ3v) is 16.3. The Morgan fingerprint density at radius 2 is 1.24 bits per heavy atom. The van der Waals surface area contributed by atoms with E-state index in [4.69, 9.17) is 23.9 Å². The van der Waals surface area contributed by atoms with Crippen LogP contribution in [0.2, 0.25) is 0 Å². The fraction of sp³-hybridized carbons (Fsp3) is 0.474. The topological polar surface area (TPSA) is 195 Å². The van der Waals surface area contributed by atoms with Crippen molar-refractivity contribution in [3.05, 3.63) is 112 Å². The Labute approximate surface area is 460 Å². The summed E-state index contributed by atoms with van der Waals surface area (Å²) in [5.41, 5.74) is 2.00. The zero-order valence-electron chi connectivity index (χ0n) is 45.5. The van der Waals surface area contributed by atoms with Gasteiger partial charge in [-0.2, -0.15) is 0 Å². The summed E-state index contributed by atoms with van der Waals surface area (Å²) in [4.78, 5) is 71.3. The van der Waals surface area contributed by atoms with E-state index in [1.807, 2.05) is 0 Å². The molecule has 9 rings (SSSR count). The number of hydrogen-bond acceptors (Lipinski definition) is 13. The van der Waals surface area contributed by atoms with Crippen LogP contribution in [-0.2, 0) is 28.5 Å². The van der Waals surface area contributed by atoms with Gasteiger partial charge in [0.15, 0.2) is 11.6 Å². The molecule has 0 saturated carbocycles. The maximum atomic E-state index is 17.2. The molecule has 5 aromatic rings. The molecule has 1 aromatic heterocycles. The van der Waals surface area contributed by atoms with Gasteiger partial charge >= 0.3 is 12.2 Å². The molecule has 4 saturated heterocycles. The molecule has 4 aliphatic heterocycles. The molecule has 0 spiro atoms. The number of H-pyrrole nitrogens is 1. The average molecular weight is 1120 g/mol. The molecular weight excluding hydrogens is 1050 g/mol. The number of halogens is 5. The van der Waals surface area contributed by atoms with Crippen molar-refractivity contribution in [3.8, 4) is 0 Å². The monoisotopic (exact) mass is 1110 g/mol. The summed E-state index contributed by atoms with van der Waals surface area (Å²) in [7, 11) is 5.19. The number of methoxy groups -OCH3 is 4. The lowest BCUT2D eigenvalue weighted by Crippen LogP contribution is -2.56. The molecule has 4 amide bonds. The highest BCUT2D eigenvalue weighted by Crippen LogP contribution is 2.51. The number of aliphatic imine (C=N–C) groups is 1. The Bertz CT molecular complexity index is 3080. The molecule has 0 bridgehead atoms. The van der Waals surface area contributed by atoms with E-state index in [9.17, 15) is 23.6 Å². The van der Waals surface area contributed by atoms with Crippen LogP contribution in [-0.4, -0.2) is 136 Å². The van der Waals surface area contributed by atoms with Crippen molar-refractivity contribution in [2.24, 2.45) is 4.99 Å². The van der Waals surface area contributed by atoms with Crippen LogP contribution >= 0.6 is 0 Å². The van der Waals surface area contributed by atoms with Crippen LogP contribution in [0.1, 0.15) is 112 Å². The third kappa shape index (κ3) is 11.6. The van der Waals surface area contributed by atoms with E-state index < -0.39 is 95.9 Å². The fourth-order valence-corrected chi connectivity index (χ4v) is 12.0. The van der Waals surface area contributed by atoms with Crippen LogP contribution < -0.4 is 25.8 Å². The number of alkyl carbamates (subject to hydrolysis) is 2. The molecule has 0 radical (unpaired) electrons. The van der Waals surface area contributed by atoms with Gasteiger partial charge in [0.1, 0.15) is 47.2 Å². The minimum atomic E-state index is -1.11. The van der Waals surface area contributed by atoms with Crippen LogP contribution in [0.15, 0.2) is 65.7 Å². The summed E-state index contributed by atoms with van der Waals surface area (Å²) in [6, 6.07) is 9.52. The summed E-state index contributed by atoms with van der Waals surface area (Å²) in [6.45, 7) is 8.34. The summed E-state index contributed by atoms with van der Waals surface area (Å²) < 4.78 is 102. The quantitative estimate of drug-likeness (QED) is 0.0510. The molecule has 1 unspecified atom stereocenters. The molecule has 5 heterocycles. The molecule has 428 valence electrons. The smallest absolute Gasteiger partial charge is 0.407 e. The lowest BCUT2D eigenvalue weighted by atomic mass is 9.89. The minimum absolute atomic E-state index is 0.0235. The van der Waals surface area contributed by atoms with E-state index in [2.05, 4.69) is 32.6 Å². The molecule has 23 heteroatoms. The highest BCUT2D eigenvalue weighted by molar-refractivity contribution is 5.88. The van der Waals surface area contributed by atoms with Crippen molar-refractivity contribution in [1.29, 1.82) is 0 Å². The molecule has 80 heavy (non-hydrogen) atoms. The van der Waals surface area contributed by atoms with Gasteiger partial charge in [0.05, 0.1) is 67.0 Å². The first-order valence-electron chi connectivity index (χ1n) is 26.9. The second kappa shape index (κ2) is 24.5. The molecular formula is C57H67F5N10O8. The zero-order valence-corrected chi connectivity index (χ0v) is 45.5. The van der Waals surface area contributed by atoms with Crippen molar-refractivity contribution in [1.82, 2.24) is 30.4 Å². The van der Waals surface area contributed by atoms with Gasteiger partial charge in [-0.15, -0.1) is 0 Å². The Morgan fingerprint density at radius 3 is 1.82 bits per heavy atom. The number of likely N-dealkylation sites (tertiary alicyclic amines) is 2. The van der Waals surface area contributed by atoms with E-state index in [0.29, 0.717) is 81.6 Å². The Kier molecular flexibility index (Phi) is 17.5. The number of imidazole rings is 1. The first kappa shape index (κ1) is 57.2. The largest absolute Gasteiger partial charge is 0.453 e. The van der Waals surface area contributed by atoms with Crippen molar-refractivity contribution in [2.75, 3.05) is 69.7 Å². The number of aromatic amines is 1. The minimum Gasteiger partial charge on any atom is -0.453 e. The molecule has 4 aromatic carbocycles. The molecule has 8 atom stereocenters. The first-order chi connectivity index (χ1) is 38.5. The number of fused-ring (bicyclic) bond motifs is 1. The predicted molar refractivity (Wildman–Crippen MR) is 289 cm³/mol. The van der Waals surface area contributed by atoms with Crippen molar-refractivity contribution in [2.45, 2.75) is 120 Å². The van der Waals surface area contributed by atoms with Gasteiger partial charge in [-0.3, -0.25) is 14.6 Å². The number of benzene rings is 4. The summed E-state index contributed by atoms with van der Waals surface area (Å²) in [5, 5.41) is 8.37. The van der Waals surface area contributed by atoms with Crippen LogP contribution in [0.25, 0.3) is 11.0 Å². The number of aromatic nitrogens is 2. The second-order valence-electron chi connectivity index (χ2n) is 20.8. The number of nitrogens with zero attached hydrogens (tertiary/aromatic N) is 6. The van der Waals surface area contributed by atoms with Gasteiger partial charge in [-0.05, 0) is 132 Å². The highest BCUT2D eigenvalue weighted by atomic mass is 19.1. The zero-order chi connectivity index (χ0) is 57.1. The summed E-state index contributed by atoms with van der Waals surface area (Å²) >= 11 is 0. The van der Waals surface area contributed by atoms with Gasteiger partial charge < -0.3 is 59.5 Å². The summed E-state index contributed by atoms with van der Waals surface area (Å²) in [6.07, 6.45) is -0.0870. The van der Waals surface area contributed by atoms with E-state index in [-0.39, 0.29) is 58.5 Å².